The summed E-state index contributed by atoms with van der Waals surface area (Å²) >= 11 is 0. The van der Waals surface area contributed by atoms with E-state index in [1.807, 2.05) is 25.1 Å². The highest BCUT2D eigenvalue weighted by molar-refractivity contribution is 6.01. The van der Waals surface area contributed by atoms with Gasteiger partial charge in [-0.15, -0.1) is 0 Å². The topological polar surface area (TPSA) is 89.8 Å². The van der Waals surface area contributed by atoms with Crippen LogP contribution in [0.1, 0.15) is 53.2 Å². The van der Waals surface area contributed by atoms with E-state index in [4.69, 9.17) is 13.9 Å². The molecule has 0 unspecified atom stereocenters. The molecule has 0 fully saturated rings. The first-order valence-corrected chi connectivity index (χ1v) is 10.0. The van der Waals surface area contributed by atoms with Crippen LogP contribution in [-0.2, 0) is 0 Å². The van der Waals surface area contributed by atoms with E-state index in [9.17, 15) is 9.59 Å². The molecule has 7 nitrogen and oxygen atoms in total. The molecule has 2 aromatic carbocycles. The van der Waals surface area contributed by atoms with Crippen LogP contribution in [0.2, 0.25) is 0 Å². The molecule has 0 bridgehead atoms. The molecule has 158 valence electrons. The van der Waals surface area contributed by atoms with Crippen molar-refractivity contribution in [1.82, 2.24) is 10.9 Å². The summed E-state index contributed by atoms with van der Waals surface area (Å²) in [7, 11) is 0. The minimum Gasteiger partial charge on any atom is -0.490 e. The number of hydrogen-bond acceptors (Lipinski definition) is 5. The Labute approximate surface area is 175 Å². The van der Waals surface area contributed by atoms with Gasteiger partial charge in [0, 0.05) is 16.5 Å². The lowest BCUT2D eigenvalue weighted by molar-refractivity contribution is 0.0831. The Morgan fingerprint density at radius 1 is 0.967 bits per heavy atom. The van der Waals surface area contributed by atoms with E-state index in [-0.39, 0.29) is 5.76 Å². The molecule has 0 aliphatic rings. The predicted molar refractivity (Wildman–Crippen MR) is 114 cm³/mol. The van der Waals surface area contributed by atoms with Crippen LogP contribution < -0.4 is 20.3 Å². The van der Waals surface area contributed by atoms with E-state index in [0.717, 1.165) is 18.2 Å². The molecule has 2 amide bonds. The quantitative estimate of drug-likeness (QED) is 0.425. The van der Waals surface area contributed by atoms with Gasteiger partial charge in [0.2, 0.25) is 0 Å². The van der Waals surface area contributed by atoms with Gasteiger partial charge in [0.05, 0.1) is 13.2 Å². The monoisotopic (exact) mass is 410 g/mol. The number of hydrogen-bond donors (Lipinski definition) is 2. The first kappa shape index (κ1) is 21.2. The van der Waals surface area contributed by atoms with Gasteiger partial charge in [0.25, 0.3) is 5.91 Å². The normalized spacial score (nSPS) is 10.6. The molecule has 1 heterocycles. The number of aryl methyl sites for hydroxylation is 1. The van der Waals surface area contributed by atoms with Crippen LogP contribution in [-0.4, -0.2) is 25.0 Å². The van der Waals surface area contributed by atoms with Crippen molar-refractivity contribution in [3.8, 4) is 11.5 Å². The smallest absolute Gasteiger partial charge is 0.305 e. The fourth-order valence-electron chi connectivity index (χ4n) is 3.00. The average molecular weight is 410 g/mol. The first-order chi connectivity index (χ1) is 14.5. The average Bonchev–Trinajstić information content (AvgIpc) is 3.10. The maximum atomic E-state index is 12.5. The van der Waals surface area contributed by atoms with E-state index in [1.54, 1.807) is 31.2 Å². The lowest BCUT2D eigenvalue weighted by Crippen LogP contribution is -2.41. The first-order valence-electron chi connectivity index (χ1n) is 10.0. The van der Waals surface area contributed by atoms with Crippen molar-refractivity contribution < 1.29 is 23.5 Å². The Morgan fingerprint density at radius 2 is 1.73 bits per heavy atom. The van der Waals surface area contributed by atoms with Crippen molar-refractivity contribution in [1.29, 1.82) is 0 Å². The minimum absolute atomic E-state index is 0.158. The lowest BCUT2D eigenvalue weighted by Gasteiger charge is -2.13. The maximum absolute atomic E-state index is 12.5. The molecule has 7 heteroatoms. The fourth-order valence-corrected chi connectivity index (χ4v) is 3.00. The molecule has 0 radical (unpaired) electrons. The Morgan fingerprint density at radius 3 is 2.47 bits per heavy atom. The Kier molecular flexibility index (Phi) is 6.95. The summed E-state index contributed by atoms with van der Waals surface area (Å²) in [5.41, 5.74) is 6.48. The summed E-state index contributed by atoms with van der Waals surface area (Å²) in [5.74, 6) is 0.232. The Bertz CT molecular complexity index is 1040. The third-order valence-corrected chi connectivity index (χ3v) is 4.60. The van der Waals surface area contributed by atoms with Gasteiger partial charge in [-0.3, -0.25) is 20.4 Å². The van der Waals surface area contributed by atoms with Crippen LogP contribution in [0.5, 0.6) is 11.5 Å². The van der Waals surface area contributed by atoms with Crippen molar-refractivity contribution in [2.75, 3.05) is 13.2 Å². The highest BCUT2D eigenvalue weighted by Crippen LogP contribution is 2.29. The second-order valence-electron chi connectivity index (χ2n) is 6.76. The summed E-state index contributed by atoms with van der Waals surface area (Å²) in [4.78, 5) is 25.0. The molecule has 0 atom stereocenters. The van der Waals surface area contributed by atoms with E-state index in [2.05, 4.69) is 17.8 Å². The largest absolute Gasteiger partial charge is 0.490 e. The van der Waals surface area contributed by atoms with Crippen LogP contribution in [0.15, 0.2) is 46.9 Å². The number of carbonyl (C=O) groups excluding carboxylic acids is 2. The Balaban J connectivity index is 1.68. The maximum Gasteiger partial charge on any atom is 0.305 e. The van der Waals surface area contributed by atoms with Crippen molar-refractivity contribution in [3.63, 3.8) is 0 Å². The number of ether oxygens (including phenoxy) is 2. The molecular formula is C23H26N2O5. The minimum atomic E-state index is -0.526. The zero-order chi connectivity index (χ0) is 21.5. The van der Waals surface area contributed by atoms with E-state index in [1.165, 1.54) is 0 Å². The molecule has 3 rings (SSSR count). The number of fused-ring (bicyclic) bond motifs is 1. The SMILES string of the molecule is CCCCOc1ccc(C(=O)NNC(=O)c2oc3ccccc3c2C)cc1OCC. The highest BCUT2D eigenvalue weighted by atomic mass is 16.5. The molecule has 0 saturated carbocycles. The lowest BCUT2D eigenvalue weighted by atomic mass is 10.1. The van der Waals surface area contributed by atoms with E-state index < -0.39 is 11.8 Å². The van der Waals surface area contributed by atoms with Gasteiger partial charge in [-0.1, -0.05) is 31.5 Å². The standard InChI is InChI=1S/C23H26N2O5/c1-4-6-13-29-19-12-11-16(14-20(19)28-5-2)22(26)24-25-23(27)21-15(3)17-9-7-8-10-18(17)30-21/h7-12,14H,4-6,13H2,1-3H3,(H,24,26)(H,25,27). The van der Waals surface area contributed by atoms with Crippen molar-refractivity contribution in [3.05, 3.63) is 59.4 Å². The molecule has 30 heavy (non-hydrogen) atoms. The molecule has 3 aromatic rings. The number of amides is 2. The third-order valence-electron chi connectivity index (χ3n) is 4.60. The summed E-state index contributed by atoms with van der Waals surface area (Å²) in [6, 6.07) is 12.3. The molecule has 0 aliphatic carbocycles. The number of benzene rings is 2. The van der Waals surface area contributed by atoms with Crippen LogP contribution in [0.25, 0.3) is 11.0 Å². The van der Waals surface area contributed by atoms with Crippen molar-refractivity contribution in [2.24, 2.45) is 0 Å². The fraction of sp³-hybridized carbons (Fsp3) is 0.304. The van der Waals surface area contributed by atoms with Gasteiger partial charge in [0.15, 0.2) is 17.3 Å². The number of nitrogens with one attached hydrogen (secondary N) is 2. The van der Waals surface area contributed by atoms with Gasteiger partial charge < -0.3 is 13.9 Å². The Hall–Kier alpha value is -3.48. The second kappa shape index (κ2) is 9.82. The van der Waals surface area contributed by atoms with Gasteiger partial charge in [-0.25, -0.2) is 0 Å². The van der Waals surface area contributed by atoms with Crippen LogP contribution in [0.4, 0.5) is 0 Å². The molecule has 0 aliphatic heterocycles. The summed E-state index contributed by atoms with van der Waals surface area (Å²) in [6.07, 6.45) is 1.95. The highest BCUT2D eigenvalue weighted by Gasteiger charge is 2.18. The van der Waals surface area contributed by atoms with Crippen molar-refractivity contribution in [2.45, 2.75) is 33.6 Å². The van der Waals surface area contributed by atoms with Gasteiger partial charge in [-0.2, -0.15) is 0 Å². The summed E-state index contributed by atoms with van der Waals surface area (Å²) in [5, 5.41) is 0.856. The molecule has 0 spiro atoms. The van der Waals surface area contributed by atoms with Gasteiger partial charge >= 0.3 is 5.91 Å². The van der Waals surface area contributed by atoms with Crippen LogP contribution in [0, 0.1) is 6.92 Å². The number of furan rings is 1. The van der Waals surface area contributed by atoms with Crippen LogP contribution >= 0.6 is 0 Å². The molecule has 1 aromatic heterocycles. The van der Waals surface area contributed by atoms with Gasteiger partial charge in [-0.05, 0) is 44.5 Å². The third kappa shape index (κ3) is 4.74. The summed E-state index contributed by atoms with van der Waals surface area (Å²) in [6.45, 7) is 6.76. The number of para-hydroxylation sites is 1. The molecule has 0 saturated heterocycles. The zero-order valence-corrected chi connectivity index (χ0v) is 17.4. The zero-order valence-electron chi connectivity index (χ0n) is 17.4. The van der Waals surface area contributed by atoms with E-state index in [0.29, 0.717) is 41.4 Å². The van der Waals surface area contributed by atoms with Gasteiger partial charge in [0.1, 0.15) is 5.58 Å². The van der Waals surface area contributed by atoms with Crippen LogP contribution in [0.3, 0.4) is 0 Å². The second-order valence-corrected chi connectivity index (χ2v) is 6.76. The number of unbranched alkanes of at least 4 members (excludes halogenated alkanes) is 1. The predicted octanol–water partition coefficient (Wildman–Crippen LogP) is 4.39. The number of rotatable bonds is 8. The van der Waals surface area contributed by atoms with E-state index >= 15 is 0 Å². The molecular weight excluding hydrogens is 384 g/mol. The summed E-state index contributed by atoms with van der Waals surface area (Å²) < 4.78 is 16.9. The number of hydrazine groups is 1. The van der Waals surface area contributed by atoms with Crippen molar-refractivity contribution >= 4 is 22.8 Å². The number of carbonyl (C=O) groups is 2. The molecule has 2 N–H and O–H groups in total.